The standard InChI is InChI=1S/C16H17NO3S.Na/c1-10-2-5-14(20-8-11-3-4-11)12(6-10)7-15-17-13(9-21-15)16(18)19;/h2,5-6,9,11H,3-4,7-8H2,1H3,(H,18,19);/q;+1/p-1. The normalized spacial score (nSPS) is 13.5. The smallest absolute Gasteiger partial charge is 0.543 e. The fourth-order valence-electron chi connectivity index (χ4n) is 2.13. The van der Waals surface area contributed by atoms with Crippen LogP contribution in [0.3, 0.4) is 0 Å². The minimum atomic E-state index is -1.23. The number of hydrogen-bond acceptors (Lipinski definition) is 5. The summed E-state index contributed by atoms with van der Waals surface area (Å²) >= 11 is 1.34. The van der Waals surface area contributed by atoms with Gasteiger partial charge in [-0.3, -0.25) is 0 Å². The maximum absolute atomic E-state index is 10.8. The minimum Gasteiger partial charge on any atom is -0.543 e. The Bertz CT molecular complexity index is 667. The number of carbonyl (C=O) groups is 1. The molecule has 0 N–H and O–H groups in total. The van der Waals surface area contributed by atoms with Gasteiger partial charge in [0.1, 0.15) is 5.75 Å². The molecule has 1 aromatic heterocycles. The molecule has 0 unspecified atom stereocenters. The maximum atomic E-state index is 10.8. The van der Waals surface area contributed by atoms with Crippen LogP contribution in [0.25, 0.3) is 0 Å². The van der Waals surface area contributed by atoms with Crippen LogP contribution in [-0.2, 0) is 6.42 Å². The summed E-state index contributed by atoms with van der Waals surface area (Å²) in [6.45, 7) is 2.79. The van der Waals surface area contributed by atoms with Crippen molar-refractivity contribution in [3.63, 3.8) is 0 Å². The summed E-state index contributed by atoms with van der Waals surface area (Å²) in [5, 5.41) is 13.1. The van der Waals surface area contributed by atoms with Crippen molar-refractivity contribution in [2.45, 2.75) is 26.2 Å². The zero-order chi connectivity index (χ0) is 14.8. The molecule has 1 aliphatic carbocycles. The number of aromatic nitrogens is 1. The number of carboxylic acids is 1. The number of aryl methyl sites for hydroxylation is 1. The van der Waals surface area contributed by atoms with Gasteiger partial charge in [0.25, 0.3) is 0 Å². The van der Waals surface area contributed by atoms with Gasteiger partial charge in [0, 0.05) is 17.4 Å². The molecular formula is C16H16NNaO3S. The topological polar surface area (TPSA) is 62.2 Å². The third-order valence-electron chi connectivity index (χ3n) is 3.49. The van der Waals surface area contributed by atoms with Gasteiger partial charge in [0.05, 0.1) is 23.3 Å². The van der Waals surface area contributed by atoms with E-state index in [9.17, 15) is 9.90 Å². The van der Waals surface area contributed by atoms with Crippen LogP contribution in [0.4, 0.5) is 0 Å². The minimum absolute atomic E-state index is 0. The van der Waals surface area contributed by atoms with Gasteiger partial charge in [0.2, 0.25) is 0 Å². The van der Waals surface area contributed by atoms with E-state index in [-0.39, 0.29) is 35.3 Å². The Morgan fingerprint density at radius 2 is 2.23 bits per heavy atom. The Morgan fingerprint density at radius 1 is 1.45 bits per heavy atom. The summed E-state index contributed by atoms with van der Waals surface area (Å²) in [5.74, 6) is 0.341. The zero-order valence-corrected chi connectivity index (χ0v) is 15.6. The van der Waals surface area contributed by atoms with Crippen LogP contribution in [0, 0.1) is 12.8 Å². The summed E-state index contributed by atoms with van der Waals surface area (Å²) in [5.41, 5.74) is 2.21. The van der Waals surface area contributed by atoms with Crippen LogP contribution in [0.1, 0.15) is 39.5 Å². The molecular weight excluding hydrogens is 309 g/mol. The molecule has 110 valence electrons. The second-order valence-electron chi connectivity index (χ2n) is 5.46. The first-order chi connectivity index (χ1) is 10.1. The van der Waals surface area contributed by atoms with E-state index < -0.39 is 5.97 Å². The van der Waals surface area contributed by atoms with E-state index in [1.165, 1.54) is 29.6 Å². The Hall–Kier alpha value is -0.880. The number of carbonyl (C=O) groups excluding carboxylic acids is 1. The number of nitrogens with zero attached hydrogens (tertiary/aromatic N) is 1. The molecule has 1 saturated carbocycles. The van der Waals surface area contributed by atoms with Gasteiger partial charge in [-0.15, -0.1) is 11.3 Å². The number of carboxylic acid groups (broad SMARTS) is 1. The van der Waals surface area contributed by atoms with Gasteiger partial charge in [-0.05, 0) is 31.7 Å². The van der Waals surface area contributed by atoms with E-state index >= 15 is 0 Å². The second kappa shape index (κ2) is 7.59. The Balaban J connectivity index is 0.00000176. The molecule has 3 rings (SSSR count). The second-order valence-corrected chi connectivity index (χ2v) is 6.40. The molecule has 0 amide bonds. The van der Waals surface area contributed by atoms with Crippen LogP contribution >= 0.6 is 11.3 Å². The first kappa shape index (κ1) is 17.5. The fraction of sp³-hybridized carbons (Fsp3) is 0.375. The molecule has 1 aromatic carbocycles. The quantitative estimate of drug-likeness (QED) is 0.653. The summed E-state index contributed by atoms with van der Waals surface area (Å²) in [6.07, 6.45) is 3.09. The van der Waals surface area contributed by atoms with Crippen molar-refractivity contribution in [3.8, 4) is 5.75 Å². The fourth-order valence-corrected chi connectivity index (χ4v) is 2.91. The molecule has 0 atom stereocenters. The molecule has 1 heterocycles. The van der Waals surface area contributed by atoms with Crippen molar-refractivity contribution < 1.29 is 44.2 Å². The molecule has 4 nitrogen and oxygen atoms in total. The summed E-state index contributed by atoms with van der Waals surface area (Å²) < 4.78 is 5.89. The van der Waals surface area contributed by atoms with E-state index in [1.807, 2.05) is 19.1 Å². The molecule has 0 radical (unpaired) electrons. The third-order valence-corrected chi connectivity index (χ3v) is 4.34. The van der Waals surface area contributed by atoms with Crippen molar-refractivity contribution in [1.29, 1.82) is 0 Å². The van der Waals surface area contributed by atoms with Crippen molar-refractivity contribution in [2.75, 3.05) is 6.61 Å². The first-order valence-corrected chi connectivity index (χ1v) is 7.88. The largest absolute Gasteiger partial charge is 1.00 e. The number of aromatic carboxylic acids is 1. The predicted octanol–water partition coefficient (Wildman–Crippen LogP) is -0.801. The SMILES string of the molecule is Cc1ccc(OCC2CC2)c(Cc2nc(C(=O)[O-])cs2)c1.[Na+]. The van der Waals surface area contributed by atoms with Crippen LogP contribution in [0.5, 0.6) is 5.75 Å². The van der Waals surface area contributed by atoms with Crippen molar-refractivity contribution >= 4 is 17.3 Å². The summed E-state index contributed by atoms with van der Waals surface area (Å²) in [7, 11) is 0. The van der Waals surface area contributed by atoms with Crippen molar-refractivity contribution in [1.82, 2.24) is 4.98 Å². The molecule has 1 aliphatic rings. The average Bonchev–Trinajstić information content (AvgIpc) is 3.15. The molecule has 22 heavy (non-hydrogen) atoms. The number of thiazole rings is 1. The third kappa shape index (κ3) is 4.56. The van der Waals surface area contributed by atoms with Crippen molar-refractivity contribution in [2.24, 2.45) is 5.92 Å². The Morgan fingerprint density at radius 3 is 2.86 bits per heavy atom. The van der Waals surface area contributed by atoms with Gasteiger partial charge in [-0.25, -0.2) is 4.98 Å². The molecule has 1 fully saturated rings. The average molecular weight is 325 g/mol. The Labute approximate surface area is 155 Å². The molecule has 0 aliphatic heterocycles. The number of ether oxygens (including phenoxy) is 1. The number of rotatable bonds is 6. The number of hydrogen-bond donors (Lipinski definition) is 0. The molecule has 0 bridgehead atoms. The van der Waals surface area contributed by atoms with Crippen LogP contribution in [0.2, 0.25) is 0 Å². The van der Waals surface area contributed by atoms with E-state index in [2.05, 4.69) is 11.1 Å². The summed E-state index contributed by atoms with van der Waals surface area (Å²) in [4.78, 5) is 14.9. The van der Waals surface area contributed by atoms with E-state index in [4.69, 9.17) is 4.74 Å². The van der Waals surface area contributed by atoms with Crippen LogP contribution in [-0.4, -0.2) is 17.6 Å². The summed E-state index contributed by atoms with van der Waals surface area (Å²) in [6, 6.07) is 6.09. The van der Waals surface area contributed by atoms with E-state index in [0.717, 1.165) is 28.5 Å². The van der Waals surface area contributed by atoms with Gasteiger partial charge in [-0.2, -0.15) is 0 Å². The van der Waals surface area contributed by atoms with Gasteiger partial charge in [0.15, 0.2) is 0 Å². The predicted molar refractivity (Wildman–Crippen MR) is 78.6 cm³/mol. The first-order valence-electron chi connectivity index (χ1n) is 7.00. The zero-order valence-electron chi connectivity index (χ0n) is 12.8. The van der Waals surface area contributed by atoms with E-state index in [0.29, 0.717) is 12.3 Å². The van der Waals surface area contributed by atoms with Crippen LogP contribution < -0.4 is 39.4 Å². The maximum Gasteiger partial charge on any atom is 1.00 e. The van der Waals surface area contributed by atoms with Gasteiger partial charge in [-0.1, -0.05) is 17.7 Å². The number of benzene rings is 1. The monoisotopic (exact) mass is 325 g/mol. The Kier molecular flexibility index (Phi) is 6.03. The van der Waals surface area contributed by atoms with Gasteiger partial charge < -0.3 is 14.6 Å². The molecule has 6 heteroatoms. The van der Waals surface area contributed by atoms with Gasteiger partial charge >= 0.3 is 29.6 Å². The van der Waals surface area contributed by atoms with Crippen LogP contribution in [0.15, 0.2) is 23.6 Å². The molecule has 0 spiro atoms. The molecule has 0 saturated heterocycles. The van der Waals surface area contributed by atoms with Crippen molar-refractivity contribution in [3.05, 3.63) is 45.4 Å². The van der Waals surface area contributed by atoms with E-state index in [1.54, 1.807) is 0 Å². The molecule has 2 aromatic rings.